The molecule has 1 N–H and O–H groups in total. The highest BCUT2D eigenvalue weighted by Gasteiger charge is 2.27. The van der Waals surface area contributed by atoms with Crippen LogP contribution < -0.4 is 5.32 Å². The summed E-state index contributed by atoms with van der Waals surface area (Å²) in [6, 6.07) is 4.38. The molecule has 0 radical (unpaired) electrons. The minimum atomic E-state index is -3.96. The van der Waals surface area contributed by atoms with Crippen LogP contribution in [0.15, 0.2) is 29.2 Å². The third-order valence-corrected chi connectivity index (χ3v) is 6.07. The molecule has 1 fully saturated rings. The lowest BCUT2D eigenvalue weighted by molar-refractivity contribution is -0.155. The lowest BCUT2D eigenvalue weighted by Crippen LogP contribution is -2.42. The van der Waals surface area contributed by atoms with Crippen molar-refractivity contribution in [1.82, 2.24) is 9.62 Å². The monoisotopic (exact) mass is 386 g/mol. The Morgan fingerprint density at radius 2 is 1.85 bits per heavy atom. The van der Waals surface area contributed by atoms with Gasteiger partial charge in [-0.15, -0.1) is 0 Å². The summed E-state index contributed by atoms with van der Waals surface area (Å²) in [7, 11) is -2.75. The predicted molar refractivity (Wildman–Crippen MR) is 92.2 cm³/mol. The van der Waals surface area contributed by atoms with Gasteiger partial charge in [-0.25, -0.2) is 12.8 Å². The number of sulfonamides is 1. The molecule has 1 aromatic carbocycles. The molecule has 1 atom stereocenters. The van der Waals surface area contributed by atoms with E-state index in [1.807, 2.05) is 0 Å². The van der Waals surface area contributed by atoms with Crippen LogP contribution in [-0.4, -0.2) is 50.3 Å². The number of benzene rings is 1. The molecule has 1 aliphatic rings. The van der Waals surface area contributed by atoms with Crippen molar-refractivity contribution in [3.05, 3.63) is 30.1 Å². The summed E-state index contributed by atoms with van der Waals surface area (Å²) >= 11 is 0. The Hall–Kier alpha value is -2.00. The van der Waals surface area contributed by atoms with E-state index in [1.54, 1.807) is 0 Å². The van der Waals surface area contributed by atoms with Gasteiger partial charge >= 0.3 is 5.97 Å². The van der Waals surface area contributed by atoms with Gasteiger partial charge < -0.3 is 10.1 Å². The zero-order valence-electron chi connectivity index (χ0n) is 14.8. The van der Waals surface area contributed by atoms with Crippen LogP contribution in [0.1, 0.15) is 32.6 Å². The second-order valence-electron chi connectivity index (χ2n) is 6.34. The van der Waals surface area contributed by atoms with E-state index >= 15 is 0 Å². The second-order valence-corrected chi connectivity index (χ2v) is 8.38. The van der Waals surface area contributed by atoms with E-state index in [-0.39, 0.29) is 10.9 Å². The van der Waals surface area contributed by atoms with Crippen LogP contribution in [-0.2, 0) is 24.3 Å². The van der Waals surface area contributed by atoms with Crippen molar-refractivity contribution in [2.75, 3.05) is 13.6 Å². The highest BCUT2D eigenvalue weighted by atomic mass is 32.2. The molecule has 1 aromatic rings. The molecular formula is C17H23FN2O5S. The molecule has 0 spiro atoms. The summed E-state index contributed by atoms with van der Waals surface area (Å²) in [5.74, 6) is -1.80. The maximum Gasteiger partial charge on any atom is 0.322 e. The van der Waals surface area contributed by atoms with Crippen molar-refractivity contribution in [2.24, 2.45) is 0 Å². The first-order valence-corrected chi connectivity index (χ1v) is 9.86. The standard InChI is InChI=1S/C17H23FN2O5S/c1-12(17(22)19-14-5-3-4-6-14)25-16(21)11-20(2)26(23,24)15-9-7-13(18)8-10-15/h7-10,12,14H,3-6,11H2,1-2H3,(H,19,22)/t12-/m0/s1. The highest BCUT2D eigenvalue weighted by molar-refractivity contribution is 7.89. The third-order valence-electron chi connectivity index (χ3n) is 4.25. The number of amides is 1. The SMILES string of the molecule is C[C@H](OC(=O)CN(C)S(=O)(=O)c1ccc(F)cc1)C(=O)NC1CCCC1. The van der Waals surface area contributed by atoms with Crippen molar-refractivity contribution in [3.63, 3.8) is 0 Å². The number of carbonyl (C=O) groups is 2. The Morgan fingerprint density at radius 1 is 1.27 bits per heavy atom. The van der Waals surface area contributed by atoms with Crippen LogP contribution >= 0.6 is 0 Å². The number of esters is 1. The lowest BCUT2D eigenvalue weighted by Gasteiger charge is -2.19. The smallest absolute Gasteiger partial charge is 0.322 e. The fraction of sp³-hybridized carbons (Fsp3) is 0.529. The number of hydrogen-bond acceptors (Lipinski definition) is 5. The van der Waals surface area contributed by atoms with Gasteiger partial charge in [0.15, 0.2) is 6.10 Å². The third kappa shape index (κ3) is 5.25. The van der Waals surface area contributed by atoms with Crippen LogP contribution in [0.2, 0.25) is 0 Å². The number of hydrogen-bond donors (Lipinski definition) is 1. The van der Waals surface area contributed by atoms with Crippen molar-refractivity contribution < 1.29 is 27.1 Å². The van der Waals surface area contributed by atoms with Crippen LogP contribution in [0.5, 0.6) is 0 Å². The number of halogens is 1. The van der Waals surface area contributed by atoms with Gasteiger partial charge in [-0.3, -0.25) is 9.59 Å². The maximum absolute atomic E-state index is 12.9. The molecule has 9 heteroatoms. The normalized spacial score (nSPS) is 16.5. The van der Waals surface area contributed by atoms with Gasteiger partial charge in [0.1, 0.15) is 12.4 Å². The molecule has 1 saturated carbocycles. The first-order chi connectivity index (χ1) is 12.2. The molecule has 0 aliphatic heterocycles. The van der Waals surface area contributed by atoms with Crippen LogP contribution in [0.25, 0.3) is 0 Å². The summed E-state index contributed by atoms with van der Waals surface area (Å²) in [5.41, 5.74) is 0. The summed E-state index contributed by atoms with van der Waals surface area (Å²) in [6.45, 7) is 0.886. The summed E-state index contributed by atoms with van der Waals surface area (Å²) in [6.07, 6.45) is 2.93. The molecular weight excluding hydrogens is 363 g/mol. The average molecular weight is 386 g/mol. The van der Waals surface area contributed by atoms with Crippen molar-refractivity contribution >= 4 is 21.9 Å². The van der Waals surface area contributed by atoms with Gasteiger partial charge in [0, 0.05) is 13.1 Å². The zero-order chi connectivity index (χ0) is 19.3. The molecule has 0 bridgehead atoms. The minimum absolute atomic E-state index is 0.102. The Balaban J connectivity index is 1.89. The van der Waals surface area contributed by atoms with Gasteiger partial charge in [-0.2, -0.15) is 4.31 Å². The second kappa shape index (κ2) is 8.59. The molecule has 0 saturated heterocycles. The first kappa shape index (κ1) is 20.3. The van der Waals surface area contributed by atoms with Gasteiger partial charge in [0.25, 0.3) is 5.91 Å². The highest BCUT2D eigenvalue weighted by Crippen LogP contribution is 2.18. The summed E-state index contributed by atoms with van der Waals surface area (Å²) in [5, 5.41) is 2.82. The van der Waals surface area contributed by atoms with E-state index in [4.69, 9.17) is 4.74 Å². The number of rotatable bonds is 7. The van der Waals surface area contributed by atoms with Gasteiger partial charge in [0.2, 0.25) is 10.0 Å². The Morgan fingerprint density at radius 3 is 2.42 bits per heavy atom. The van der Waals surface area contributed by atoms with Crippen molar-refractivity contribution in [2.45, 2.75) is 49.6 Å². The number of ether oxygens (including phenoxy) is 1. The quantitative estimate of drug-likeness (QED) is 0.716. The van der Waals surface area contributed by atoms with Gasteiger partial charge in [-0.1, -0.05) is 12.8 Å². The van der Waals surface area contributed by atoms with Gasteiger partial charge in [-0.05, 0) is 44.0 Å². The number of nitrogens with one attached hydrogen (secondary N) is 1. The molecule has 144 valence electrons. The molecule has 26 heavy (non-hydrogen) atoms. The van der Waals surface area contributed by atoms with Crippen LogP contribution in [0.4, 0.5) is 4.39 Å². The Labute approximate surface area is 152 Å². The molecule has 1 aliphatic carbocycles. The zero-order valence-corrected chi connectivity index (χ0v) is 15.6. The van der Waals surface area contributed by atoms with E-state index in [9.17, 15) is 22.4 Å². The number of likely N-dealkylation sites (N-methyl/N-ethyl adjacent to an activating group) is 1. The van der Waals surface area contributed by atoms with Crippen LogP contribution in [0, 0.1) is 5.82 Å². The maximum atomic E-state index is 12.9. The molecule has 0 aromatic heterocycles. The largest absolute Gasteiger partial charge is 0.452 e. The topological polar surface area (TPSA) is 92.8 Å². The first-order valence-electron chi connectivity index (χ1n) is 8.42. The molecule has 0 unspecified atom stereocenters. The van der Waals surface area contributed by atoms with Crippen molar-refractivity contribution in [1.29, 1.82) is 0 Å². The molecule has 2 rings (SSSR count). The van der Waals surface area contributed by atoms with E-state index in [1.165, 1.54) is 14.0 Å². The Kier molecular flexibility index (Phi) is 6.71. The van der Waals surface area contributed by atoms with E-state index in [0.29, 0.717) is 0 Å². The van der Waals surface area contributed by atoms with E-state index in [0.717, 1.165) is 54.3 Å². The average Bonchev–Trinajstić information content (AvgIpc) is 3.07. The molecule has 1 amide bonds. The summed E-state index contributed by atoms with van der Waals surface area (Å²) < 4.78 is 43.4. The predicted octanol–water partition coefficient (Wildman–Crippen LogP) is 1.44. The number of carbonyl (C=O) groups excluding carboxylic acids is 2. The molecule has 7 nitrogen and oxygen atoms in total. The van der Waals surface area contributed by atoms with Crippen molar-refractivity contribution in [3.8, 4) is 0 Å². The van der Waals surface area contributed by atoms with E-state index in [2.05, 4.69) is 5.32 Å². The number of nitrogens with zero attached hydrogens (tertiary/aromatic N) is 1. The van der Waals surface area contributed by atoms with Gasteiger partial charge in [0.05, 0.1) is 4.90 Å². The lowest BCUT2D eigenvalue weighted by atomic mass is 10.2. The minimum Gasteiger partial charge on any atom is -0.452 e. The molecule has 0 heterocycles. The fourth-order valence-electron chi connectivity index (χ4n) is 2.73. The van der Waals surface area contributed by atoms with E-state index < -0.39 is 40.4 Å². The fourth-order valence-corrected chi connectivity index (χ4v) is 3.85. The van der Waals surface area contributed by atoms with Crippen LogP contribution in [0.3, 0.4) is 0 Å². The summed E-state index contributed by atoms with van der Waals surface area (Å²) in [4.78, 5) is 23.8. The Bertz CT molecular complexity index is 745.